The van der Waals surface area contributed by atoms with Gasteiger partial charge in [0.25, 0.3) is 0 Å². The van der Waals surface area contributed by atoms with Crippen LogP contribution in [0.5, 0.6) is 0 Å². The Hall–Kier alpha value is -1.43. The highest BCUT2D eigenvalue weighted by Gasteiger charge is 2.53. The van der Waals surface area contributed by atoms with Crippen LogP contribution in [0.2, 0.25) is 0 Å². The van der Waals surface area contributed by atoms with Crippen molar-refractivity contribution in [2.45, 2.75) is 13.0 Å². The lowest BCUT2D eigenvalue weighted by atomic mass is 9.74. The molecule has 0 amide bonds. The van der Waals surface area contributed by atoms with E-state index in [-0.39, 0.29) is 5.92 Å². The molecule has 22 heavy (non-hydrogen) atoms. The molecular formula is C17H23NO4. The summed E-state index contributed by atoms with van der Waals surface area (Å²) in [6, 6.07) is 10.1. The van der Waals surface area contributed by atoms with Crippen LogP contribution in [-0.2, 0) is 20.9 Å². The Labute approximate surface area is 130 Å². The maximum absolute atomic E-state index is 11.7. The molecule has 0 unspecified atom stereocenters. The number of benzene rings is 1. The number of hydrogen-bond acceptors (Lipinski definition) is 4. The van der Waals surface area contributed by atoms with Gasteiger partial charge < -0.3 is 14.6 Å². The molecule has 5 heteroatoms. The highest BCUT2D eigenvalue weighted by molar-refractivity contribution is 5.76. The molecule has 0 saturated carbocycles. The zero-order valence-corrected chi connectivity index (χ0v) is 12.7. The molecule has 5 nitrogen and oxygen atoms in total. The quantitative estimate of drug-likeness (QED) is 0.810. The van der Waals surface area contributed by atoms with Crippen molar-refractivity contribution in [1.29, 1.82) is 0 Å². The molecule has 0 aromatic heterocycles. The third kappa shape index (κ3) is 3.16. The average molecular weight is 305 g/mol. The van der Waals surface area contributed by atoms with Crippen molar-refractivity contribution in [1.82, 2.24) is 4.90 Å². The maximum atomic E-state index is 11.7. The number of aliphatic carboxylic acids is 1. The minimum absolute atomic E-state index is 0.105. The summed E-state index contributed by atoms with van der Waals surface area (Å²) in [6.45, 7) is 4.53. The lowest BCUT2D eigenvalue weighted by molar-refractivity contribution is -0.157. The number of rotatable bonds is 6. The molecular weight excluding hydrogens is 282 g/mol. The molecule has 0 bridgehead atoms. The zero-order valence-electron chi connectivity index (χ0n) is 12.7. The molecule has 2 fully saturated rings. The van der Waals surface area contributed by atoms with Gasteiger partial charge in [-0.1, -0.05) is 30.3 Å². The Morgan fingerprint density at radius 1 is 1.41 bits per heavy atom. The summed E-state index contributed by atoms with van der Waals surface area (Å²) in [6.07, 6.45) is 0.619. The zero-order chi connectivity index (χ0) is 15.4. The fourth-order valence-electron chi connectivity index (χ4n) is 3.53. The van der Waals surface area contributed by atoms with E-state index in [0.29, 0.717) is 39.4 Å². The Morgan fingerprint density at radius 2 is 2.23 bits per heavy atom. The molecule has 0 spiro atoms. The van der Waals surface area contributed by atoms with Crippen molar-refractivity contribution < 1.29 is 19.4 Å². The monoisotopic (exact) mass is 305 g/mol. The van der Waals surface area contributed by atoms with E-state index in [2.05, 4.69) is 4.90 Å². The second kappa shape index (κ2) is 6.77. The van der Waals surface area contributed by atoms with Gasteiger partial charge in [0, 0.05) is 32.2 Å². The second-order valence-corrected chi connectivity index (χ2v) is 6.26. The highest BCUT2D eigenvalue weighted by atomic mass is 16.5. The lowest BCUT2D eigenvalue weighted by Crippen LogP contribution is -2.44. The molecule has 3 rings (SSSR count). The Kier molecular flexibility index (Phi) is 4.76. The Balaban J connectivity index is 1.47. The fourth-order valence-corrected chi connectivity index (χ4v) is 3.53. The number of ether oxygens (including phenoxy) is 2. The third-order valence-electron chi connectivity index (χ3n) is 4.87. The van der Waals surface area contributed by atoms with E-state index in [0.717, 1.165) is 18.7 Å². The number of carboxylic acid groups (broad SMARTS) is 1. The molecule has 2 heterocycles. The molecule has 1 aromatic carbocycles. The van der Waals surface area contributed by atoms with Crippen molar-refractivity contribution in [2.75, 3.05) is 39.5 Å². The van der Waals surface area contributed by atoms with Crippen LogP contribution in [0.1, 0.15) is 12.0 Å². The fraction of sp³-hybridized carbons (Fsp3) is 0.588. The molecule has 1 N–H and O–H groups in total. The minimum atomic E-state index is -0.673. The number of carboxylic acids is 1. The summed E-state index contributed by atoms with van der Waals surface area (Å²) in [5.41, 5.74) is 0.547. The maximum Gasteiger partial charge on any atom is 0.311 e. The number of fused-ring (bicyclic) bond motifs is 1. The molecule has 2 aliphatic heterocycles. The average Bonchev–Trinajstić information content (AvgIpc) is 2.92. The highest BCUT2D eigenvalue weighted by Crippen LogP contribution is 2.42. The van der Waals surface area contributed by atoms with Gasteiger partial charge in [0.05, 0.1) is 25.2 Å². The first-order valence-electron chi connectivity index (χ1n) is 7.86. The summed E-state index contributed by atoms with van der Waals surface area (Å²) in [5, 5.41) is 9.62. The van der Waals surface area contributed by atoms with Crippen LogP contribution >= 0.6 is 0 Å². The third-order valence-corrected chi connectivity index (χ3v) is 4.87. The summed E-state index contributed by atoms with van der Waals surface area (Å²) >= 11 is 0. The summed E-state index contributed by atoms with van der Waals surface area (Å²) in [7, 11) is 0. The topological polar surface area (TPSA) is 59.0 Å². The lowest BCUT2D eigenvalue weighted by Gasteiger charge is -2.34. The Bertz CT molecular complexity index is 507. The van der Waals surface area contributed by atoms with E-state index in [1.807, 2.05) is 30.3 Å². The van der Waals surface area contributed by atoms with Crippen LogP contribution in [-0.4, -0.2) is 55.4 Å². The van der Waals surface area contributed by atoms with Gasteiger partial charge >= 0.3 is 5.97 Å². The van der Waals surface area contributed by atoms with Gasteiger partial charge in [-0.15, -0.1) is 0 Å². The van der Waals surface area contributed by atoms with Crippen LogP contribution in [0.4, 0.5) is 0 Å². The number of likely N-dealkylation sites (tertiary alicyclic amines) is 1. The summed E-state index contributed by atoms with van der Waals surface area (Å²) < 4.78 is 11.2. The van der Waals surface area contributed by atoms with Gasteiger partial charge in [-0.2, -0.15) is 0 Å². The van der Waals surface area contributed by atoms with Gasteiger partial charge in [-0.3, -0.25) is 9.69 Å². The van der Waals surface area contributed by atoms with Gasteiger partial charge in [-0.25, -0.2) is 0 Å². The normalized spacial score (nSPS) is 28.5. The molecule has 0 radical (unpaired) electrons. The molecule has 120 valence electrons. The summed E-state index contributed by atoms with van der Waals surface area (Å²) in [4.78, 5) is 13.9. The van der Waals surface area contributed by atoms with E-state index in [9.17, 15) is 9.90 Å². The number of carbonyl (C=O) groups is 1. The number of hydrogen-bond donors (Lipinski definition) is 1. The van der Waals surface area contributed by atoms with Crippen LogP contribution < -0.4 is 0 Å². The first kappa shape index (κ1) is 15.5. The van der Waals surface area contributed by atoms with Crippen LogP contribution in [0.3, 0.4) is 0 Å². The second-order valence-electron chi connectivity index (χ2n) is 6.26. The number of nitrogens with zero attached hydrogens (tertiary/aromatic N) is 1. The van der Waals surface area contributed by atoms with Crippen molar-refractivity contribution in [3.05, 3.63) is 35.9 Å². The SMILES string of the molecule is O=C(O)[C@]12CCOC[C@H]1CN(CCOCc1ccccc1)C2. The molecule has 2 saturated heterocycles. The predicted octanol–water partition coefficient (Wildman–Crippen LogP) is 1.63. The smallest absolute Gasteiger partial charge is 0.311 e. The van der Waals surface area contributed by atoms with Gasteiger partial charge in [-0.05, 0) is 12.0 Å². The standard InChI is InChI=1S/C17H23NO4/c19-16(20)17-6-8-21-12-15(17)10-18(13-17)7-9-22-11-14-4-2-1-3-5-14/h1-5,15H,6-13H2,(H,19,20)/t15-,17+/m1/s1. The molecule has 1 aromatic rings. The minimum Gasteiger partial charge on any atom is -0.481 e. The van der Waals surface area contributed by atoms with E-state index in [1.165, 1.54) is 0 Å². The predicted molar refractivity (Wildman–Crippen MR) is 81.5 cm³/mol. The van der Waals surface area contributed by atoms with Gasteiger partial charge in [0.2, 0.25) is 0 Å². The largest absolute Gasteiger partial charge is 0.481 e. The van der Waals surface area contributed by atoms with E-state index < -0.39 is 11.4 Å². The first-order chi connectivity index (χ1) is 10.7. The van der Waals surface area contributed by atoms with Crippen molar-refractivity contribution in [2.24, 2.45) is 11.3 Å². The van der Waals surface area contributed by atoms with E-state index in [4.69, 9.17) is 9.47 Å². The molecule has 0 aliphatic carbocycles. The van der Waals surface area contributed by atoms with Crippen LogP contribution in [0.15, 0.2) is 30.3 Å². The van der Waals surface area contributed by atoms with E-state index in [1.54, 1.807) is 0 Å². The first-order valence-corrected chi connectivity index (χ1v) is 7.86. The van der Waals surface area contributed by atoms with Crippen molar-refractivity contribution in [3.63, 3.8) is 0 Å². The van der Waals surface area contributed by atoms with Crippen molar-refractivity contribution >= 4 is 5.97 Å². The molecule has 2 aliphatic rings. The van der Waals surface area contributed by atoms with Crippen molar-refractivity contribution in [3.8, 4) is 0 Å². The Morgan fingerprint density at radius 3 is 2.95 bits per heavy atom. The summed E-state index contributed by atoms with van der Waals surface area (Å²) in [5.74, 6) is -0.568. The van der Waals surface area contributed by atoms with Crippen LogP contribution in [0.25, 0.3) is 0 Å². The van der Waals surface area contributed by atoms with Gasteiger partial charge in [0.1, 0.15) is 0 Å². The molecule has 2 atom stereocenters. The van der Waals surface area contributed by atoms with Gasteiger partial charge in [0.15, 0.2) is 0 Å². The van der Waals surface area contributed by atoms with E-state index >= 15 is 0 Å². The van der Waals surface area contributed by atoms with Crippen LogP contribution in [0, 0.1) is 11.3 Å².